The molecule has 2 aliphatic rings. The van der Waals surface area contributed by atoms with E-state index in [1.807, 2.05) is 36.4 Å². The van der Waals surface area contributed by atoms with Crippen LogP contribution in [-0.4, -0.2) is 52.3 Å². The van der Waals surface area contributed by atoms with E-state index in [9.17, 15) is 0 Å². The zero-order chi connectivity index (χ0) is 23.6. The van der Waals surface area contributed by atoms with Crippen molar-refractivity contribution in [1.29, 1.82) is 0 Å². The number of aromatic nitrogens is 3. The number of hydrogen-bond acceptors (Lipinski definition) is 6. The van der Waals surface area contributed by atoms with Gasteiger partial charge in [-0.3, -0.25) is 4.90 Å². The van der Waals surface area contributed by atoms with Crippen LogP contribution in [0.4, 0.5) is 5.82 Å². The maximum Gasteiger partial charge on any atom is 0.146 e. The highest BCUT2D eigenvalue weighted by molar-refractivity contribution is 6.01. The molecule has 3 heterocycles. The molecule has 0 unspecified atom stereocenters. The minimum atomic E-state index is 0.420. The minimum Gasteiger partial charge on any atom is -0.488 e. The Bertz CT molecular complexity index is 1290. The molecule has 180 valence electrons. The number of benzene rings is 2. The number of nitrogen functional groups attached to an aromatic ring is 1. The van der Waals surface area contributed by atoms with E-state index in [0.29, 0.717) is 24.4 Å². The molecule has 35 heavy (non-hydrogen) atoms. The van der Waals surface area contributed by atoms with E-state index in [2.05, 4.69) is 43.8 Å². The van der Waals surface area contributed by atoms with E-state index in [0.717, 1.165) is 79.2 Å². The Morgan fingerprint density at radius 2 is 1.71 bits per heavy atom. The van der Waals surface area contributed by atoms with Gasteiger partial charge in [-0.2, -0.15) is 0 Å². The third-order valence-electron chi connectivity index (χ3n) is 7.28. The van der Waals surface area contributed by atoms with Crippen LogP contribution in [-0.2, 0) is 11.3 Å². The summed E-state index contributed by atoms with van der Waals surface area (Å²) in [4.78, 5) is 11.5. The van der Waals surface area contributed by atoms with Gasteiger partial charge in [-0.15, -0.1) is 0 Å². The van der Waals surface area contributed by atoms with E-state index < -0.39 is 0 Å². The van der Waals surface area contributed by atoms with Crippen molar-refractivity contribution in [2.75, 3.05) is 38.6 Å². The first-order chi connectivity index (χ1) is 17.3. The quantitative estimate of drug-likeness (QED) is 0.428. The van der Waals surface area contributed by atoms with Gasteiger partial charge in [0.1, 0.15) is 30.1 Å². The van der Waals surface area contributed by atoms with E-state index in [4.69, 9.17) is 15.2 Å². The third-order valence-corrected chi connectivity index (χ3v) is 7.28. The smallest absolute Gasteiger partial charge is 0.146 e. The summed E-state index contributed by atoms with van der Waals surface area (Å²) in [6, 6.07) is 18.8. The van der Waals surface area contributed by atoms with Crippen LogP contribution in [0, 0.1) is 5.92 Å². The van der Waals surface area contributed by atoms with Gasteiger partial charge < -0.3 is 19.8 Å². The Balaban J connectivity index is 1.28. The molecule has 7 nitrogen and oxygen atoms in total. The molecule has 0 radical (unpaired) electrons. The molecule has 0 spiro atoms. The fourth-order valence-electron chi connectivity index (χ4n) is 5.37. The lowest BCUT2D eigenvalue weighted by Crippen LogP contribution is -2.42. The van der Waals surface area contributed by atoms with E-state index in [1.54, 1.807) is 6.33 Å². The Morgan fingerprint density at radius 1 is 0.943 bits per heavy atom. The maximum absolute atomic E-state index is 6.41. The number of anilines is 1. The predicted molar refractivity (Wildman–Crippen MR) is 137 cm³/mol. The second kappa shape index (κ2) is 9.68. The van der Waals surface area contributed by atoms with Crippen molar-refractivity contribution in [2.24, 2.45) is 5.92 Å². The van der Waals surface area contributed by atoms with Crippen molar-refractivity contribution in [2.45, 2.75) is 25.5 Å². The van der Waals surface area contributed by atoms with E-state index in [-0.39, 0.29) is 0 Å². The molecule has 1 saturated carbocycles. The summed E-state index contributed by atoms with van der Waals surface area (Å²) in [6.45, 7) is 5.45. The van der Waals surface area contributed by atoms with Crippen molar-refractivity contribution in [3.8, 4) is 16.9 Å². The molecule has 2 aromatic heterocycles. The molecule has 4 aromatic rings. The molecule has 0 bridgehead atoms. The third kappa shape index (κ3) is 4.49. The standard InChI is InChI=1S/C28H31N5O2/c29-27-26-24(23-8-4-5-9-25(23)35-18-20-6-2-1-3-7-20)17-33(28(26)31-19-30-27)22-14-21(15-22)16-32-10-12-34-13-11-32/h1-9,17,19,21-22H,10-16,18H2,(H2,29,30,31). The first kappa shape index (κ1) is 22.1. The molecule has 2 fully saturated rings. The van der Waals surface area contributed by atoms with Crippen LogP contribution in [0.5, 0.6) is 5.75 Å². The highest BCUT2D eigenvalue weighted by atomic mass is 16.5. The number of hydrogen-bond donors (Lipinski definition) is 1. The number of nitrogens with zero attached hydrogens (tertiary/aromatic N) is 4. The zero-order valence-electron chi connectivity index (χ0n) is 19.8. The van der Waals surface area contributed by atoms with Gasteiger partial charge in [-0.05, 0) is 30.4 Å². The van der Waals surface area contributed by atoms with Gasteiger partial charge in [-0.1, -0.05) is 48.5 Å². The first-order valence-corrected chi connectivity index (χ1v) is 12.4. The number of fused-ring (bicyclic) bond motifs is 1. The number of para-hydroxylation sites is 1. The number of rotatable bonds is 7. The summed E-state index contributed by atoms with van der Waals surface area (Å²) in [5.41, 5.74) is 10.5. The predicted octanol–water partition coefficient (Wildman–Crippen LogP) is 4.54. The molecule has 1 aliphatic heterocycles. The van der Waals surface area contributed by atoms with Gasteiger partial charge in [0.15, 0.2) is 0 Å². The lowest BCUT2D eigenvalue weighted by Gasteiger charge is -2.40. The summed E-state index contributed by atoms with van der Waals surface area (Å²) in [7, 11) is 0. The molecule has 1 aliphatic carbocycles. The van der Waals surface area contributed by atoms with E-state index >= 15 is 0 Å². The lowest BCUT2D eigenvalue weighted by atomic mass is 9.79. The normalized spacial score (nSPS) is 20.6. The molecule has 2 N–H and O–H groups in total. The number of morpholine rings is 1. The summed E-state index contributed by atoms with van der Waals surface area (Å²) < 4.78 is 14.1. The Hall–Kier alpha value is -3.42. The first-order valence-electron chi connectivity index (χ1n) is 12.4. The Labute approximate surface area is 205 Å². The second-order valence-corrected chi connectivity index (χ2v) is 9.58. The van der Waals surface area contributed by atoms with Crippen LogP contribution in [0.3, 0.4) is 0 Å². The molecule has 6 rings (SSSR count). The minimum absolute atomic E-state index is 0.420. The summed E-state index contributed by atoms with van der Waals surface area (Å²) in [6.07, 6.45) is 6.07. The van der Waals surface area contributed by atoms with Crippen LogP contribution < -0.4 is 10.5 Å². The highest BCUT2D eigenvalue weighted by Crippen LogP contribution is 2.44. The van der Waals surface area contributed by atoms with Crippen molar-refractivity contribution < 1.29 is 9.47 Å². The Morgan fingerprint density at radius 3 is 2.54 bits per heavy atom. The molecular weight excluding hydrogens is 438 g/mol. The molecule has 0 amide bonds. The second-order valence-electron chi connectivity index (χ2n) is 9.58. The van der Waals surface area contributed by atoms with Crippen molar-refractivity contribution in [1.82, 2.24) is 19.4 Å². The van der Waals surface area contributed by atoms with Crippen molar-refractivity contribution in [3.05, 3.63) is 72.7 Å². The van der Waals surface area contributed by atoms with Crippen LogP contribution in [0.15, 0.2) is 67.1 Å². The molecule has 2 aromatic carbocycles. The van der Waals surface area contributed by atoms with Gasteiger partial charge >= 0.3 is 0 Å². The topological polar surface area (TPSA) is 78.4 Å². The van der Waals surface area contributed by atoms with Gasteiger partial charge in [0.05, 0.1) is 18.6 Å². The lowest BCUT2D eigenvalue weighted by molar-refractivity contribution is 0.0182. The van der Waals surface area contributed by atoms with Gasteiger partial charge in [0, 0.05) is 43.0 Å². The molecule has 7 heteroatoms. The SMILES string of the molecule is Nc1ncnc2c1c(-c1ccccc1OCc1ccccc1)cn2C1CC(CN2CCOCC2)C1. The van der Waals surface area contributed by atoms with E-state index in [1.165, 1.54) is 0 Å². The van der Waals surface area contributed by atoms with Crippen LogP contribution in [0.1, 0.15) is 24.4 Å². The summed E-state index contributed by atoms with van der Waals surface area (Å²) >= 11 is 0. The van der Waals surface area contributed by atoms with Crippen molar-refractivity contribution >= 4 is 16.9 Å². The fraction of sp³-hybridized carbons (Fsp3) is 0.357. The maximum atomic E-state index is 6.41. The van der Waals surface area contributed by atoms with Crippen LogP contribution in [0.25, 0.3) is 22.2 Å². The number of ether oxygens (including phenoxy) is 2. The Kier molecular flexibility index (Phi) is 6.10. The van der Waals surface area contributed by atoms with Crippen molar-refractivity contribution in [3.63, 3.8) is 0 Å². The fourth-order valence-corrected chi connectivity index (χ4v) is 5.37. The average Bonchev–Trinajstić information content (AvgIpc) is 3.26. The number of nitrogens with two attached hydrogens (primary N) is 1. The molecule has 0 atom stereocenters. The van der Waals surface area contributed by atoms with Gasteiger partial charge in [0.25, 0.3) is 0 Å². The van der Waals surface area contributed by atoms with Gasteiger partial charge in [-0.25, -0.2) is 9.97 Å². The van der Waals surface area contributed by atoms with Crippen LogP contribution in [0.2, 0.25) is 0 Å². The highest BCUT2D eigenvalue weighted by Gasteiger charge is 2.34. The summed E-state index contributed by atoms with van der Waals surface area (Å²) in [5, 5.41) is 0.903. The summed E-state index contributed by atoms with van der Waals surface area (Å²) in [5.74, 6) is 2.04. The van der Waals surface area contributed by atoms with Gasteiger partial charge in [0.2, 0.25) is 0 Å². The van der Waals surface area contributed by atoms with Crippen LogP contribution >= 0.6 is 0 Å². The molecular formula is C28H31N5O2. The molecule has 1 saturated heterocycles. The zero-order valence-corrected chi connectivity index (χ0v) is 19.8. The largest absolute Gasteiger partial charge is 0.488 e. The average molecular weight is 470 g/mol. The monoisotopic (exact) mass is 469 g/mol.